The lowest BCUT2D eigenvalue weighted by Crippen LogP contribution is -2.47. The Bertz CT molecular complexity index is 1060. The van der Waals surface area contributed by atoms with Crippen molar-refractivity contribution in [2.24, 2.45) is 0 Å². The number of carbonyl (C=O) groups is 2. The molecule has 0 bridgehead atoms. The van der Waals surface area contributed by atoms with Gasteiger partial charge >= 0.3 is 0 Å². The van der Waals surface area contributed by atoms with Crippen LogP contribution in [-0.2, 0) is 14.8 Å². The van der Waals surface area contributed by atoms with E-state index in [-0.39, 0.29) is 16.4 Å². The van der Waals surface area contributed by atoms with E-state index in [1.54, 1.807) is 43.3 Å². The fraction of sp³-hybridized carbons (Fsp3) is 0.333. The molecule has 2 aromatic rings. The Hall–Kier alpha value is -2.75. The van der Waals surface area contributed by atoms with Crippen LogP contribution in [0.25, 0.3) is 0 Å². The van der Waals surface area contributed by atoms with Gasteiger partial charge in [-0.3, -0.25) is 9.59 Å². The summed E-state index contributed by atoms with van der Waals surface area (Å²) in [6.07, 6.45) is 0. The second kappa shape index (κ2) is 8.95. The molecule has 30 heavy (non-hydrogen) atoms. The lowest BCUT2D eigenvalue weighted by atomic mass is 10.1. The smallest absolute Gasteiger partial charge is 0.255 e. The molecule has 1 heterocycles. The minimum absolute atomic E-state index is 0.145. The van der Waals surface area contributed by atoms with Gasteiger partial charge < -0.3 is 15.5 Å². The van der Waals surface area contributed by atoms with Crippen molar-refractivity contribution in [2.75, 3.05) is 43.9 Å². The Morgan fingerprint density at radius 2 is 1.57 bits per heavy atom. The Kier molecular flexibility index (Phi) is 6.55. The zero-order chi connectivity index (χ0) is 21.9. The summed E-state index contributed by atoms with van der Waals surface area (Å²) >= 11 is 0. The average Bonchev–Trinajstić information content (AvgIpc) is 2.68. The summed E-state index contributed by atoms with van der Waals surface area (Å²) in [5.41, 5.74) is 1.90. The Balaban J connectivity index is 1.82. The van der Waals surface area contributed by atoms with Crippen LogP contribution < -0.4 is 10.6 Å². The van der Waals surface area contributed by atoms with Crippen molar-refractivity contribution in [1.29, 1.82) is 0 Å². The molecule has 0 atom stereocenters. The maximum absolute atomic E-state index is 13.1. The van der Waals surface area contributed by atoms with Gasteiger partial charge in [0, 0.05) is 50.0 Å². The van der Waals surface area contributed by atoms with E-state index in [9.17, 15) is 18.0 Å². The summed E-state index contributed by atoms with van der Waals surface area (Å²) in [6.45, 7) is 5.31. The molecule has 1 aliphatic heterocycles. The van der Waals surface area contributed by atoms with Crippen molar-refractivity contribution in [3.8, 4) is 0 Å². The zero-order valence-electron chi connectivity index (χ0n) is 17.3. The number of likely N-dealkylation sites (N-methyl/N-ethyl adjacent to an activating group) is 1. The SMILES string of the molecule is CC(=O)Nc1cccc(NC(=O)c2ccc(C)c(S(=O)(=O)N3CCN(C)CC3)c2)c1. The molecule has 9 heteroatoms. The van der Waals surface area contributed by atoms with Gasteiger partial charge in [-0.05, 0) is 49.9 Å². The Morgan fingerprint density at radius 1 is 0.933 bits per heavy atom. The fourth-order valence-corrected chi connectivity index (χ4v) is 4.94. The molecule has 0 aromatic heterocycles. The van der Waals surface area contributed by atoms with Crippen molar-refractivity contribution in [3.05, 3.63) is 53.6 Å². The van der Waals surface area contributed by atoms with Crippen LogP contribution in [0.3, 0.4) is 0 Å². The molecule has 0 unspecified atom stereocenters. The summed E-state index contributed by atoms with van der Waals surface area (Å²) in [5, 5.41) is 5.41. The predicted molar refractivity (Wildman–Crippen MR) is 116 cm³/mol. The molecule has 2 aromatic carbocycles. The molecular weight excluding hydrogens is 404 g/mol. The van der Waals surface area contributed by atoms with E-state index in [2.05, 4.69) is 15.5 Å². The standard InChI is InChI=1S/C21H26N4O4S/c1-15-7-8-17(13-20(15)30(28,29)25-11-9-24(3)10-12-25)21(27)23-19-6-4-5-18(14-19)22-16(2)26/h4-8,13-14H,9-12H2,1-3H3,(H,22,26)(H,23,27). The first-order valence-corrected chi connectivity index (χ1v) is 11.1. The Labute approximate surface area is 176 Å². The number of sulfonamides is 1. The molecule has 2 N–H and O–H groups in total. The quantitative estimate of drug-likeness (QED) is 0.757. The first kappa shape index (κ1) is 21.9. The number of hydrogen-bond donors (Lipinski definition) is 2. The van der Waals surface area contributed by atoms with Gasteiger partial charge in [0.05, 0.1) is 4.90 Å². The number of hydrogen-bond acceptors (Lipinski definition) is 5. The summed E-state index contributed by atoms with van der Waals surface area (Å²) in [7, 11) is -1.73. The molecule has 1 aliphatic rings. The number of nitrogens with zero attached hydrogens (tertiary/aromatic N) is 2. The van der Waals surface area contributed by atoms with Gasteiger partial charge in [-0.25, -0.2) is 8.42 Å². The van der Waals surface area contributed by atoms with Crippen LogP contribution in [0.2, 0.25) is 0 Å². The number of rotatable bonds is 5. The summed E-state index contributed by atoms with van der Waals surface area (Å²) < 4.78 is 27.7. The molecule has 0 aliphatic carbocycles. The van der Waals surface area contributed by atoms with Gasteiger partial charge in [0.25, 0.3) is 5.91 Å². The molecular formula is C21H26N4O4S. The highest BCUT2D eigenvalue weighted by molar-refractivity contribution is 7.89. The first-order chi connectivity index (χ1) is 14.2. The van der Waals surface area contributed by atoms with E-state index in [1.807, 2.05) is 7.05 Å². The molecule has 0 saturated carbocycles. The third-order valence-corrected chi connectivity index (χ3v) is 7.01. The fourth-order valence-electron chi connectivity index (χ4n) is 3.27. The predicted octanol–water partition coefficient (Wildman–Crippen LogP) is 2.14. The van der Waals surface area contributed by atoms with Gasteiger partial charge in [0.2, 0.25) is 15.9 Å². The molecule has 1 fully saturated rings. The monoisotopic (exact) mass is 430 g/mol. The number of carbonyl (C=O) groups excluding carboxylic acids is 2. The van der Waals surface area contributed by atoms with E-state index < -0.39 is 15.9 Å². The van der Waals surface area contributed by atoms with Crippen molar-refractivity contribution >= 4 is 33.2 Å². The van der Waals surface area contributed by atoms with E-state index in [1.165, 1.54) is 17.3 Å². The minimum atomic E-state index is -3.69. The highest BCUT2D eigenvalue weighted by Crippen LogP contribution is 2.23. The maximum atomic E-state index is 13.1. The number of anilines is 2. The normalized spacial score (nSPS) is 15.6. The van der Waals surface area contributed by atoms with Crippen LogP contribution in [0.4, 0.5) is 11.4 Å². The number of benzene rings is 2. The lowest BCUT2D eigenvalue weighted by Gasteiger charge is -2.32. The molecule has 0 radical (unpaired) electrons. The summed E-state index contributed by atoms with van der Waals surface area (Å²) in [5.74, 6) is -0.638. The van der Waals surface area contributed by atoms with Crippen molar-refractivity contribution in [3.63, 3.8) is 0 Å². The van der Waals surface area contributed by atoms with Gasteiger partial charge in [-0.1, -0.05) is 12.1 Å². The molecule has 0 spiro atoms. The van der Waals surface area contributed by atoms with E-state index in [0.717, 1.165) is 0 Å². The van der Waals surface area contributed by atoms with Crippen molar-refractivity contribution in [2.45, 2.75) is 18.7 Å². The van der Waals surface area contributed by atoms with Crippen LogP contribution in [0.15, 0.2) is 47.4 Å². The van der Waals surface area contributed by atoms with Gasteiger partial charge in [0.1, 0.15) is 0 Å². The molecule has 3 rings (SSSR count). The number of piperazine rings is 1. The third kappa shape index (κ3) is 5.05. The topological polar surface area (TPSA) is 98.8 Å². The molecule has 8 nitrogen and oxygen atoms in total. The van der Waals surface area contributed by atoms with Gasteiger partial charge in [-0.15, -0.1) is 0 Å². The van der Waals surface area contributed by atoms with E-state index in [0.29, 0.717) is 43.1 Å². The number of amides is 2. The molecule has 1 saturated heterocycles. The number of nitrogens with one attached hydrogen (secondary N) is 2. The summed E-state index contributed by atoms with van der Waals surface area (Å²) in [6, 6.07) is 11.4. The third-order valence-electron chi connectivity index (χ3n) is 4.97. The van der Waals surface area contributed by atoms with Crippen LogP contribution in [-0.4, -0.2) is 62.7 Å². The summed E-state index contributed by atoms with van der Waals surface area (Å²) in [4.78, 5) is 26.2. The minimum Gasteiger partial charge on any atom is -0.326 e. The second-order valence-electron chi connectivity index (χ2n) is 7.40. The van der Waals surface area contributed by atoms with Crippen molar-refractivity contribution < 1.29 is 18.0 Å². The highest BCUT2D eigenvalue weighted by atomic mass is 32.2. The number of aryl methyl sites for hydroxylation is 1. The average molecular weight is 431 g/mol. The Morgan fingerprint density at radius 3 is 2.20 bits per heavy atom. The van der Waals surface area contributed by atoms with E-state index >= 15 is 0 Å². The molecule has 2 amide bonds. The van der Waals surface area contributed by atoms with Crippen LogP contribution >= 0.6 is 0 Å². The van der Waals surface area contributed by atoms with Crippen molar-refractivity contribution in [1.82, 2.24) is 9.21 Å². The zero-order valence-corrected chi connectivity index (χ0v) is 18.1. The van der Waals surface area contributed by atoms with Gasteiger partial charge in [0.15, 0.2) is 0 Å². The second-order valence-corrected chi connectivity index (χ2v) is 9.31. The van der Waals surface area contributed by atoms with Crippen LogP contribution in [0, 0.1) is 6.92 Å². The van der Waals surface area contributed by atoms with Crippen LogP contribution in [0.5, 0.6) is 0 Å². The largest absolute Gasteiger partial charge is 0.326 e. The van der Waals surface area contributed by atoms with Crippen LogP contribution in [0.1, 0.15) is 22.8 Å². The highest BCUT2D eigenvalue weighted by Gasteiger charge is 2.29. The first-order valence-electron chi connectivity index (χ1n) is 9.65. The van der Waals surface area contributed by atoms with Gasteiger partial charge in [-0.2, -0.15) is 4.31 Å². The maximum Gasteiger partial charge on any atom is 0.255 e. The molecule has 160 valence electrons. The lowest BCUT2D eigenvalue weighted by molar-refractivity contribution is -0.114. The van der Waals surface area contributed by atoms with E-state index in [4.69, 9.17) is 0 Å².